The molecule has 1 aliphatic rings. The Hall–Kier alpha value is 0. The quantitative estimate of drug-likeness (QED) is 0.442. The van der Waals surface area contributed by atoms with Crippen LogP contribution in [0.2, 0.25) is 0 Å². The molecule has 1 rings (SSSR count). The maximum atomic E-state index is 2.39. The van der Waals surface area contributed by atoms with Gasteiger partial charge in [-0.25, -0.2) is 0 Å². The largest absolute Gasteiger partial charge is 0.0654 e. The second kappa shape index (κ2) is 15.1. The van der Waals surface area contributed by atoms with Gasteiger partial charge < -0.3 is 0 Å². The van der Waals surface area contributed by atoms with Crippen LogP contribution >= 0.6 is 0 Å². The van der Waals surface area contributed by atoms with Crippen LogP contribution in [0.1, 0.15) is 111 Å². The summed E-state index contributed by atoms with van der Waals surface area (Å²) in [5.41, 5.74) is 0. The van der Waals surface area contributed by atoms with Gasteiger partial charge in [-0.2, -0.15) is 0 Å². The van der Waals surface area contributed by atoms with Gasteiger partial charge in [0.05, 0.1) is 0 Å². The van der Waals surface area contributed by atoms with Gasteiger partial charge in [-0.3, -0.25) is 0 Å². The highest BCUT2D eigenvalue weighted by Crippen LogP contribution is 2.20. The summed E-state index contributed by atoms with van der Waals surface area (Å²) in [5.74, 6) is 1.02. The molecule has 0 radical (unpaired) electrons. The lowest BCUT2D eigenvalue weighted by molar-refractivity contribution is 0.404. The maximum absolute atomic E-state index is 2.39. The molecule has 110 valence electrons. The Labute approximate surface area is 117 Å². The van der Waals surface area contributed by atoms with Crippen LogP contribution in [-0.4, -0.2) is 0 Å². The molecule has 0 saturated heterocycles. The molecular formula is C18H38. The molecule has 0 aliphatic heterocycles. The molecule has 0 aromatic carbocycles. The van der Waals surface area contributed by atoms with Gasteiger partial charge in [-0.05, 0) is 5.92 Å². The van der Waals surface area contributed by atoms with Crippen molar-refractivity contribution in [2.45, 2.75) is 111 Å². The highest BCUT2D eigenvalue weighted by Gasteiger charge is 2.04. The van der Waals surface area contributed by atoms with Gasteiger partial charge in [-0.1, -0.05) is 111 Å². The zero-order chi connectivity index (χ0) is 13.5. The molecule has 0 heteroatoms. The van der Waals surface area contributed by atoms with Gasteiger partial charge in [0.25, 0.3) is 0 Å². The molecule has 0 amide bonds. The molecule has 0 aromatic rings. The van der Waals surface area contributed by atoms with E-state index in [-0.39, 0.29) is 0 Å². The summed E-state index contributed by atoms with van der Waals surface area (Å²) >= 11 is 0. The van der Waals surface area contributed by atoms with Crippen LogP contribution in [-0.2, 0) is 0 Å². The normalized spacial score (nSPS) is 17.5. The SMILES string of the molecule is CC1CCCCCCC1.CCCCCCCCC. The van der Waals surface area contributed by atoms with Crippen molar-refractivity contribution in [3.63, 3.8) is 0 Å². The average Bonchev–Trinajstić information content (AvgIpc) is 2.35. The Morgan fingerprint density at radius 2 is 1.00 bits per heavy atom. The summed E-state index contributed by atoms with van der Waals surface area (Å²) in [6, 6.07) is 0. The van der Waals surface area contributed by atoms with Crippen LogP contribution in [0.15, 0.2) is 0 Å². The molecule has 1 fully saturated rings. The first-order chi connectivity index (χ1) is 8.81. The molecule has 0 atom stereocenters. The van der Waals surface area contributed by atoms with Gasteiger partial charge in [-0.15, -0.1) is 0 Å². The van der Waals surface area contributed by atoms with Gasteiger partial charge in [0, 0.05) is 0 Å². The van der Waals surface area contributed by atoms with Crippen LogP contribution < -0.4 is 0 Å². The maximum Gasteiger partial charge on any atom is -0.0443 e. The zero-order valence-corrected chi connectivity index (χ0v) is 13.5. The standard InChI is InChI=1S/C9H18.C9H20/c1-9-7-5-3-2-4-6-8-9;1-3-5-7-9-8-6-4-2/h9H,2-8H2,1H3;3-9H2,1-2H3. The van der Waals surface area contributed by atoms with Crippen LogP contribution in [0.3, 0.4) is 0 Å². The first-order valence-electron chi connectivity index (χ1n) is 8.81. The topological polar surface area (TPSA) is 0 Å². The average molecular weight is 255 g/mol. The van der Waals surface area contributed by atoms with Crippen molar-refractivity contribution in [2.75, 3.05) is 0 Å². The Morgan fingerprint density at radius 1 is 0.611 bits per heavy atom. The monoisotopic (exact) mass is 254 g/mol. The predicted octanol–water partition coefficient (Wildman–Crippen LogP) is 7.12. The summed E-state index contributed by atoms with van der Waals surface area (Å²) < 4.78 is 0. The first kappa shape index (κ1) is 18.0. The minimum absolute atomic E-state index is 1.02. The van der Waals surface area contributed by atoms with Crippen LogP contribution in [0.5, 0.6) is 0 Å². The Balaban J connectivity index is 0.000000321. The number of hydrogen-bond donors (Lipinski definition) is 0. The second-order valence-electron chi connectivity index (χ2n) is 6.22. The minimum Gasteiger partial charge on any atom is -0.0654 e. The van der Waals surface area contributed by atoms with E-state index in [0.29, 0.717) is 0 Å². The molecule has 0 heterocycles. The van der Waals surface area contributed by atoms with Crippen LogP contribution in [0.4, 0.5) is 0 Å². The molecule has 18 heavy (non-hydrogen) atoms. The minimum atomic E-state index is 1.02. The smallest absolute Gasteiger partial charge is 0.0443 e. The van der Waals surface area contributed by atoms with Crippen LogP contribution in [0.25, 0.3) is 0 Å². The summed E-state index contributed by atoms with van der Waals surface area (Å²) in [5, 5.41) is 0. The second-order valence-corrected chi connectivity index (χ2v) is 6.22. The van der Waals surface area contributed by atoms with Crippen molar-refractivity contribution in [1.82, 2.24) is 0 Å². The Bertz CT molecular complexity index is 125. The fourth-order valence-electron chi connectivity index (χ4n) is 2.69. The number of unbranched alkanes of at least 4 members (excludes halogenated alkanes) is 6. The fourth-order valence-corrected chi connectivity index (χ4v) is 2.69. The van der Waals surface area contributed by atoms with Crippen molar-refractivity contribution in [3.8, 4) is 0 Å². The Kier molecular flexibility index (Phi) is 15.1. The fraction of sp³-hybridized carbons (Fsp3) is 1.00. The third kappa shape index (κ3) is 14.1. The molecule has 1 saturated carbocycles. The number of hydrogen-bond acceptors (Lipinski definition) is 0. The summed E-state index contributed by atoms with van der Waals surface area (Å²) in [4.78, 5) is 0. The molecular weight excluding hydrogens is 216 g/mol. The zero-order valence-electron chi connectivity index (χ0n) is 13.5. The van der Waals surface area contributed by atoms with Crippen molar-refractivity contribution < 1.29 is 0 Å². The summed E-state index contributed by atoms with van der Waals surface area (Å²) in [7, 11) is 0. The molecule has 1 aliphatic carbocycles. The summed E-state index contributed by atoms with van der Waals surface area (Å²) in [6.07, 6.45) is 20.4. The van der Waals surface area contributed by atoms with E-state index >= 15 is 0 Å². The van der Waals surface area contributed by atoms with E-state index < -0.39 is 0 Å². The van der Waals surface area contributed by atoms with E-state index in [9.17, 15) is 0 Å². The van der Waals surface area contributed by atoms with Crippen molar-refractivity contribution >= 4 is 0 Å². The third-order valence-corrected chi connectivity index (χ3v) is 4.10. The van der Waals surface area contributed by atoms with Crippen LogP contribution in [0, 0.1) is 5.92 Å². The lowest BCUT2D eigenvalue weighted by atomic mass is 9.93. The molecule has 0 aromatic heterocycles. The van der Waals surface area contributed by atoms with E-state index in [1.165, 1.54) is 89.9 Å². The highest BCUT2D eigenvalue weighted by atomic mass is 14.1. The van der Waals surface area contributed by atoms with Crippen molar-refractivity contribution in [3.05, 3.63) is 0 Å². The Morgan fingerprint density at radius 3 is 1.44 bits per heavy atom. The van der Waals surface area contributed by atoms with E-state index in [4.69, 9.17) is 0 Å². The van der Waals surface area contributed by atoms with Gasteiger partial charge in [0.2, 0.25) is 0 Å². The third-order valence-electron chi connectivity index (χ3n) is 4.10. The van der Waals surface area contributed by atoms with E-state index in [1.54, 1.807) is 0 Å². The predicted molar refractivity (Wildman–Crippen MR) is 85.2 cm³/mol. The molecule has 0 bridgehead atoms. The molecule has 0 N–H and O–H groups in total. The lowest BCUT2D eigenvalue weighted by Crippen LogP contribution is -1.97. The lowest BCUT2D eigenvalue weighted by Gasteiger charge is -2.13. The molecule has 0 unspecified atom stereocenters. The summed E-state index contributed by atoms with van der Waals surface area (Å²) in [6.45, 7) is 6.92. The highest BCUT2D eigenvalue weighted by molar-refractivity contribution is 4.58. The van der Waals surface area contributed by atoms with E-state index in [0.717, 1.165) is 5.92 Å². The van der Waals surface area contributed by atoms with E-state index in [1.807, 2.05) is 0 Å². The molecule has 0 spiro atoms. The van der Waals surface area contributed by atoms with Crippen molar-refractivity contribution in [1.29, 1.82) is 0 Å². The molecule has 0 nitrogen and oxygen atoms in total. The van der Waals surface area contributed by atoms with E-state index in [2.05, 4.69) is 20.8 Å². The number of rotatable bonds is 6. The van der Waals surface area contributed by atoms with Gasteiger partial charge >= 0.3 is 0 Å². The van der Waals surface area contributed by atoms with Gasteiger partial charge in [0.15, 0.2) is 0 Å². The van der Waals surface area contributed by atoms with Crippen molar-refractivity contribution in [2.24, 2.45) is 5.92 Å². The first-order valence-corrected chi connectivity index (χ1v) is 8.81. The van der Waals surface area contributed by atoms with Gasteiger partial charge in [0.1, 0.15) is 0 Å².